The summed E-state index contributed by atoms with van der Waals surface area (Å²) in [5.74, 6) is 1.06. The zero-order valence-electron chi connectivity index (χ0n) is 14.0. The van der Waals surface area contributed by atoms with Gasteiger partial charge in [0, 0.05) is 6.07 Å². The fourth-order valence-corrected chi connectivity index (χ4v) is 2.56. The summed E-state index contributed by atoms with van der Waals surface area (Å²) in [4.78, 5) is 25.7. The number of aromatic nitrogens is 4. The van der Waals surface area contributed by atoms with Gasteiger partial charge in [-0.1, -0.05) is 18.2 Å². The zero-order valence-corrected chi connectivity index (χ0v) is 14.0. The van der Waals surface area contributed by atoms with Crippen LogP contribution in [0.3, 0.4) is 0 Å². The topological polar surface area (TPSA) is 81.9 Å². The Hall–Kier alpha value is -3.74. The Morgan fingerprint density at radius 1 is 1.00 bits per heavy atom. The first-order chi connectivity index (χ1) is 12.7. The Bertz CT molecular complexity index is 1110. The van der Waals surface area contributed by atoms with E-state index in [2.05, 4.69) is 20.3 Å². The molecule has 0 aliphatic rings. The van der Waals surface area contributed by atoms with Gasteiger partial charge in [0.1, 0.15) is 12.1 Å². The minimum atomic E-state index is -0.224. The van der Waals surface area contributed by atoms with E-state index in [0.717, 1.165) is 11.4 Å². The van der Waals surface area contributed by atoms with Crippen molar-refractivity contribution in [3.63, 3.8) is 0 Å². The summed E-state index contributed by atoms with van der Waals surface area (Å²) in [7, 11) is 1.56. The fraction of sp³-hybridized carbons (Fsp3) is 0.0526. The van der Waals surface area contributed by atoms with Gasteiger partial charge >= 0.3 is 0 Å². The predicted molar refractivity (Wildman–Crippen MR) is 99.2 cm³/mol. The Balaban J connectivity index is 1.73. The maximum absolute atomic E-state index is 12.8. The van der Waals surface area contributed by atoms with E-state index in [4.69, 9.17) is 4.74 Å². The third-order valence-corrected chi connectivity index (χ3v) is 3.86. The van der Waals surface area contributed by atoms with Crippen LogP contribution in [-0.4, -0.2) is 26.6 Å². The van der Waals surface area contributed by atoms with Crippen LogP contribution >= 0.6 is 0 Å². The predicted octanol–water partition coefficient (Wildman–Crippen LogP) is 2.93. The second-order valence-electron chi connectivity index (χ2n) is 5.53. The minimum absolute atomic E-state index is 0.224. The van der Waals surface area contributed by atoms with Gasteiger partial charge in [0.25, 0.3) is 5.56 Å². The number of nitrogens with zero attached hydrogens (tertiary/aromatic N) is 4. The highest BCUT2D eigenvalue weighted by Crippen LogP contribution is 2.18. The van der Waals surface area contributed by atoms with Crippen LogP contribution in [0.1, 0.15) is 0 Å². The van der Waals surface area contributed by atoms with Crippen LogP contribution in [0.4, 0.5) is 11.5 Å². The number of pyridine rings is 2. The highest BCUT2D eigenvalue weighted by Gasteiger charge is 2.08. The highest BCUT2D eigenvalue weighted by molar-refractivity contribution is 5.76. The van der Waals surface area contributed by atoms with Crippen molar-refractivity contribution in [2.45, 2.75) is 0 Å². The van der Waals surface area contributed by atoms with Gasteiger partial charge in [-0.05, 0) is 30.3 Å². The molecule has 7 heteroatoms. The molecule has 4 aromatic rings. The van der Waals surface area contributed by atoms with Crippen LogP contribution in [0.25, 0.3) is 16.7 Å². The van der Waals surface area contributed by atoms with Crippen molar-refractivity contribution in [3.05, 3.63) is 77.5 Å². The third-order valence-electron chi connectivity index (χ3n) is 3.86. The van der Waals surface area contributed by atoms with Gasteiger partial charge in [0.2, 0.25) is 5.88 Å². The summed E-state index contributed by atoms with van der Waals surface area (Å²) in [5.41, 5.74) is 2.09. The van der Waals surface area contributed by atoms with Crippen molar-refractivity contribution in [2.75, 3.05) is 12.4 Å². The van der Waals surface area contributed by atoms with Crippen molar-refractivity contribution in [3.8, 4) is 11.6 Å². The highest BCUT2D eigenvalue weighted by atomic mass is 16.5. The number of fused-ring (bicyclic) bond motifs is 1. The van der Waals surface area contributed by atoms with Crippen molar-refractivity contribution in [1.29, 1.82) is 0 Å². The van der Waals surface area contributed by atoms with Gasteiger partial charge in [-0.15, -0.1) is 0 Å². The fourth-order valence-electron chi connectivity index (χ4n) is 2.56. The molecular formula is C19H15N5O2. The summed E-state index contributed by atoms with van der Waals surface area (Å²) in [5, 5.41) is 3.13. The molecule has 0 saturated carbocycles. The van der Waals surface area contributed by atoms with Gasteiger partial charge in [-0.3, -0.25) is 9.36 Å². The van der Waals surface area contributed by atoms with Gasteiger partial charge in [-0.2, -0.15) is 0 Å². The normalized spacial score (nSPS) is 10.7. The Morgan fingerprint density at radius 2 is 1.85 bits per heavy atom. The first-order valence-electron chi connectivity index (χ1n) is 7.95. The van der Waals surface area contributed by atoms with E-state index >= 15 is 0 Å². The number of methoxy groups -OCH3 is 1. The van der Waals surface area contributed by atoms with E-state index in [9.17, 15) is 4.79 Å². The first kappa shape index (κ1) is 15.8. The first-order valence-corrected chi connectivity index (χ1v) is 7.95. The SMILES string of the molecule is COc1ccc(Nc2ccc3ncn(-c4ccccc4)c(=O)c3n2)cn1. The zero-order chi connectivity index (χ0) is 17.9. The van der Waals surface area contributed by atoms with Gasteiger partial charge in [0.05, 0.1) is 30.2 Å². The number of ether oxygens (including phenoxy) is 1. The number of benzene rings is 1. The molecule has 0 unspecified atom stereocenters. The van der Waals surface area contributed by atoms with Crippen molar-refractivity contribution in [2.24, 2.45) is 0 Å². The molecule has 0 atom stereocenters. The molecule has 1 aromatic carbocycles. The van der Waals surface area contributed by atoms with Gasteiger partial charge in [0.15, 0.2) is 5.52 Å². The van der Waals surface area contributed by atoms with E-state index < -0.39 is 0 Å². The molecule has 7 nitrogen and oxygen atoms in total. The van der Waals surface area contributed by atoms with E-state index in [1.165, 1.54) is 10.9 Å². The third kappa shape index (κ3) is 2.98. The van der Waals surface area contributed by atoms with Crippen LogP contribution in [-0.2, 0) is 0 Å². The lowest BCUT2D eigenvalue weighted by molar-refractivity contribution is 0.398. The van der Waals surface area contributed by atoms with Crippen molar-refractivity contribution in [1.82, 2.24) is 19.5 Å². The van der Waals surface area contributed by atoms with Crippen LogP contribution in [0, 0.1) is 0 Å². The lowest BCUT2D eigenvalue weighted by Gasteiger charge is -2.08. The maximum atomic E-state index is 12.8. The van der Waals surface area contributed by atoms with E-state index in [-0.39, 0.29) is 5.56 Å². The minimum Gasteiger partial charge on any atom is -0.481 e. The molecule has 0 aliphatic carbocycles. The standard InChI is InChI=1S/C19H15N5O2/c1-26-17-10-7-13(11-20-17)22-16-9-8-15-18(23-16)19(25)24(12-21-15)14-5-3-2-4-6-14/h2-12H,1H3,(H,22,23). The number of hydrogen-bond donors (Lipinski definition) is 1. The average molecular weight is 345 g/mol. The van der Waals surface area contributed by atoms with E-state index in [1.807, 2.05) is 36.4 Å². The summed E-state index contributed by atoms with van der Waals surface area (Å²) >= 11 is 0. The molecule has 0 amide bonds. The molecule has 3 aromatic heterocycles. The number of rotatable bonds is 4. The molecular weight excluding hydrogens is 330 g/mol. The summed E-state index contributed by atoms with van der Waals surface area (Å²) in [6.07, 6.45) is 3.15. The molecule has 26 heavy (non-hydrogen) atoms. The molecule has 0 bridgehead atoms. The number of nitrogens with one attached hydrogen (secondary N) is 1. The van der Waals surface area contributed by atoms with Crippen LogP contribution in [0.15, 0.2) is 71.9 Å². The largest absolute Gasteiger partial charge is 0.481 e. The molecule has 128 valence electrons. The Labute approximate surface area is 149 Å². The molecule has 0 spiro atoms. The summed E-state index contributed by atoms with van der Waals surface area (Å²) in [6, 6.07) is 16.4. The smallest absolute Gasteiger partial charge is 0.284 e. The van der Waals surface area contributed by atoms with Gasteiger partial charge in [-0.25, -0.2) is 15.0 Å². The maximum Gasteiger partial charge on any atom is 0.284 e. The molecule has 0 saturated heterocycles. The number of anilines is 2. The van der Waals surface area contributed by atoms with E-state index in [1.54, 1.807) is 31.5 Å². The van der Waals surface area contributed by atoms with E-state index in [0.29, 0.717) is 22.7 Å². The monoisotopic (exact) mass is 345 g/mol. The second-order valence-corrected chi connectivity index (χ2v) is 5.53. The quantitative estimate of drug-likeness (QED) is 0.612. The molecule has 1 N–H and O–H groups in total. The molecule has 0 aliphatic heterocycles. The Morgan fingerprint density at radius 3 is 2.58 bits per heavy atom. The molecule has 4 rings (SSSR count). The lowest BCUT2D eigenvalue weighted by atomic mass is 10.3. The summed E-state index contributed by atoms with van der Waals surface area (Å²) in [6.45, 7) is 0. The summed E-state index contributed by atoms with van der Waals surface area (Å²) < 4.78 is 6.52. The molecule has 3 heterocycles. The van der Waals surface area contributed by atoms with Crippen molar-refractivity contribution < 1.29 is 4.74 Å². The van der Waals surface area contributed by atoms with Gasteiger partial charge < -0.3 is 10.1 Å². The second kappa shape index (κ2) is 6.64. The Kier molecular flexibility index (Phi) is 4.03. The molecule has 0 radical (unpaired) electrons. The lowest BCUT2D eigenvalue weighted by Crippen LogP contribution is -2.20. The number of hydrogen-bond acceptors (Lipinski definition) is 6. The average Bonchev–Trinajstić information content (AvgIpc) is 2.70. The number of para-hydroxylation sites is 1. The van der Waals surface area contributed by atoms with Crippen LogP contribution in [0.2, 0.25) is 0 Å². The molecule has 0 fully saturated rings. The van der Waals surface area contributed by atoms with Crippen LogP contribution < -0.4 is 15.6 Å². The van der Waals surface area contributed by atoms with Crippen molar-refractivity contribution >= 4 is 22.5 Å². The van der Waals surface area contributed by atoms with Crippen LogP contribution in [0.5, 0.6) is 5.88 Å².